The Bertz CT molecular complexity index is 211. The van der Waals surface area contributed by atoms with Gasteiger partial charge in [-0.15, -0.1) is 0 Å². The largest absolute Gasteiger partial charge is 0.372 e. The summed E-state index contributed by atoms with van der Waals surface area (Å²) in [6, 6.07) is 0.684. The number of nitrogens with zero attached hydrogens (tertiary/aromatic N) is 2. The van der Waals surface area contributed by atoms with Crippen LogP contribution < -0.4 is 0 Å². The topological polar surface area (TPSA) is 15.7 Å². The Labute approximate surface area is 121 Å². The fourth-order valence-corrected chi connectivity index (χ4v) is 2.78. The molecule has 0 aromatic carbocycles. The Morgan fingerprint density at radius 2 is 1.47 bits per heavy atom. The second-order valence-electron chi connectivity index (χ2n) is 5.40. The molecule has 0 N–H and O–H groups in total. The lowest BCUT2D eigenvalue weighted by atomic mass is 9.89. The van der Waals surface area contributed by atoms with Gasteiger partial charge in [0.25, 0.3) is 0 Å². The van der Waals surface area contributed by atoms with Crippen LogP contribution in [-0.4, -0.2) is 61.3 Å². The van der Waals surface area contributed by atoms with E-state index in [2.05, 4.69) is 30.7 Å². The third kappa shape index (κ3) is 5.80. The van der Waals surface area contributed by atoms with Crippen molar-refractivity contribution in [2.24, 2.45) is 0 Å². The first-order valence-electron chi connectivity index (χ1n) is 8.18. The van der Waals surface area contributed by atoms with Crippen molar-refractivity contribution in [3.63, 3.8) is 0 Å². The maximum absolute atomic E-state index is 6.04. The molecule has 0 aromatic heterocycles. The number of likely N-dealkylation sites (N-methyl/N-ethyl adjacent to an activating group) is 1. The van der Waals surface area contributed by atoms with Crippen molar-refractivity contribution in [1.29, 1.82) is 0 Å². The van der Waals surface area contributed by atoms with Crippen molar-refractivity contribution in [2.75, 3.05) is 39.8 Å². The average Bonchev–Trinajstić information content (AvgIpc) is 2.43. The molecule has 2 saturated heterocycles. The van der Waals surface area contributed by atoms with Gasteiger partial charge in [-0.05, 0) is 33.7 Å². The fraction of sp³-hybridized carbons (Fsp3) is 1.00. The van der Waals surface area contributed by atoms with Crippen LogP contribution in [0, 0.1) is 0 Å². The molecule has 0 bridgehead atoms. The van der Waals surface area contributed by atoms with E-state index in [1.54, 1.807) is 0 Å². The van der Waals surface area contributed by atoms with Crippen molar-refractivity contribution >= 4 is 0 Å². The second-order valence-corrected chi connectivity index (χ2v) is 5.40. The van der Waals surface area contributed by atoms with Gasteiger partial charge in [0, 0.05) is 32.2 Å². The molecule has 0 unspecified atom stereocenters. The second kappa shape index (κ2) is 9.73. The lowest BCUT2D eigenvalue weighted by Gasteiger charge is -2.47. The van der Waals surface area contributed by atoms with Crippen LogP contribution in [0.5, 0.6) is 0 Å². The maximum atomic E-state index is 6.04. The average molecular weight is 272 g/mol. The normalized spacial score (nSPS) is 23.4. The molecule has 3 nitrogen and oxygen atoms in total. The van der Waals surface area contributed by atoms with Gasteiger partial charge in [0.15, 0.2) is 0 Å². The van der Waals surface area contributed by atoms with Crippen LogP contribution in [0.15, 0.2) is 0 Å². The van der Waals surface area contributed by atoms with E-state index in [9.17, 15) is 0 Å². The van der Waals surface area contributed by atoms with Gasteiger partial charge in [0.1, 0.15) is 0 Å². The molecule has 2 aliphatic heterocycles. The van der Waals surface area contributed by atoms with Crippen molar-refractivity contribution in [3.8, 4) is 0 Å². The van der Waals surface area contributed by atoms with Crippen LogP contribution in [-0.2, 0) is 4.74 Å². The van der Waals surface area contributed by atoms with Crippen molar-refractivity contribution in [1.82, 2.24) is 9.80 Å². The molecule has 3 heteroatoms. The molecule has 0 amide bonds. The van der Waals surface area contributed by atoms with Crippen LogP contribution in [0.2, 0.25) is 0 Å². The van der Waals surface area contributed by atoms with E-state index < -0.39 is 0 Å². The minimum absolute atomic E-state index is 0.179. The number of ether oxygens (including phenoxy) is 1. The molecule has 116 valence electrons. The van der Waals surface area contributed by atoms with Crippen LogP contribution in [0.25, 0.3) is 0 Å². The van der Waals surface area contributed by atoms with Gasteiger partial charge in [-0.3, -0.25) is 0 Å². The zero-order chi connectivity index (χ0) is 14.9. The zero-order valence-corrected chi connectivity index (χ0v) is 14.3. The minimum Gasteiger partial charge on any atom is -0.372 e. The zero-order valence-electron chi connectivity index (χ0n) is 14.3. The van der Waals surface area contributed by atoms with Gasteiger partial charge in [-0.1, -0.05) is 27.7 Å². The van der Waals surface area contributed by atoms with Gasteiger partial charge in [0.05, 0.1) is 12.2 Å². The highest BCUT2D eigenvalue weighted by molar-refractivity contribution is 4.92. The molecule has 2 heterocycles. The maximum Gasteiger partial charge on any atom is 0.0833 e. The van der Waals surface area contributed by atoms with Gasteiger partial charge >= 0.3 is 0 Å². The van der Waals surface area contributed by atoms with E-state index in [0.717, 1.165) is 19.7 Å². The number of hydrogen-bond donors (Lipinski definition) is 0. The van der Waals surface area contributed by atoms with E-state index in [1.807, 2.05) is 27.7 Å². The van der Waals surface area contributed by atoms with Crippen LogP contribution in [0.1, 0.15) is 54.4 Å². The first-order valence-corrected chi connectivity index (χ1v) is 8.18. The van der Waals surface area contributed by atoms with E-state index in [0.29, 0.717) is 6.04 Å². The van der Waals surface area contributed by atoms with E-state index in [4.69, 9.17) is 4.74 Å². The molecular formula is C16H36N2O. The number of piperidine rings is 1. The monoisotopic (exact) mass is 272 g/mol. The van der Waals surface area contributed by atoms with Crippen molar-refractivity contribution < 1.29 is 4.74 Å². The molecule has 19 heavy (non-hydrogen) atoms. The smallest absolute Gasteiger partial charge is 0.0833 e. The first kappa shape index (κ1) is 18.9. The summed E-state index contributed by atoms with van der Waals surface area (Å²) in [6.45, 7) is 18.1. The lowest BCUT2D eigenvalue weighted by molar-refractivity contribution is -0.132. The summed E-state index contributed by atoms with van der Waals surface area (Å²) in [4.78, 5) is 4.97. The molecule has 0 radical (unpaired) electrons. The molecule has 2 aliphatic rings. The molecule has 2 rings (SSSR count). The van der Waals surface area contributed by atoms with Crippen LogP contribution in [0.4, 0.5) is 0 Å². The van der Waals surface area contributed by atoms with Crippen molar-refractivity contribution in [3.05, 3.63) is 0 Å². The van der Waals surface area contributed by atoms with E-state index >= 15 is 0 Å². The molecule has 0 atom stereocenters. The Morgan fingerprint density at radius 1 is 0.947 bits per heavy atom. The Balaban J connectivity index is 0.000000741. The summed E-state index contributed by atoms with van der Waals surface area (Å²) in [5.74, 6) is 0. The lowest BCUT2D eigenvalue weighted by Crippen LogP contribution is -2.56. The summed E-state index contributed by atoms with van der Waals surface area (Å²) in [5, 5.41) is 0. The minimum atomic E-state index is 0.179. The highest BCUT2D eigenvalue weighted by atomic mass is 16.5. The Kier molecular flexibility index (Phi) is 9.67. The van der Waals surface area contributed by atoms with Gasteiger partial charge in [0.2, 0.25) is 0 Å². The predicted octanol–water partition coefficient (Wildman–Crippen LogP) is 3.24. The van der Waals surface area contributed by atoms with Gasteiger partial charge in [-0.25, -0.2) is 0 Å². The number of morpholine rings is 1. The SMILES string of the molecule is CC.CC.CC(C)N1CCC2(CC1)CN(C)CCO2. The summed E-state index contributed by atoms with van der Waals surface area (Å²) in [5.41, 5.74) is 0.179. The van der Waals surface area contributed by atoms with Gasteiger partial charge < -0.3 is 14.5 Å². The van der Waals surface area contributed by atoms with Crippen LogP contribution >= 0.6 is 0 Å². The Hall–Kier alpha value is -0.120. The fourth-order valence-electron chi connectivity index (χ4n) is 2.78. The highest BCUT2D eigenvalue weighted by Crippen LogP contribution is 2.30. The molecule has 1 spiro atoms. The first-order chi connectivity index (χ1) is 9.11. The van der Waals surface area contributed by atoms with Crippen LogP contribution in [0.3, 0.4) is 0 Å². The van der Waals surface area contributed by atoms with Crippen molar-refractivity contribution in [2.45, 2.75) is 66.0 Å². The summed E-state index contributed by atoms with van der Waals surface area (Å²) in [7, 11) is 2.21. The Morgan fingerprint density at radius 3 is 1.89 bits per heavy atom. The number of rotatable bonds is 1. The summed E-state index contributed by atoms with van der Waals surface area (Å²) in [6.07, 6.45) is 2.41. The number of likely N-dealkylation sites (tertiary alicyclic amines) is 1. The summed E-state index contributed by atoms with van der Waals surface area (Å²) < 4.78 is 6.04. The third-order valence-corrected chi connectivity index (χ3v) is 3.88. The quantitative estimate of drug-likeness (QED) is 0.729. The predicted molar refractivity (Wildman–Crippen MR) is 84.8 cm³/mol. The standard InChI is InChI=1S/C12H24N2O.2C2H6/c1-11(2)14-6-4-12(5-7-14)10-13(3)8-9-15-12;2*1-2/h11H,4-10H2,1-3H3;2*1-2H3. The van der Waals surface area contributed by atoms with E-state index in [-0.39, 0.29) is 5.60 Å². The highest BCUT2D eigenvalue weighted by Gasteiger charge is 2.38. The molecule has 0 aromatic rings. The molecular weight excluding hydrogens is 236 g/mol. The number of hydrogen-bond acceptors (Lipinski definition) is 3. The van der Waals surface area contributed by atoms with E-state index in [1.165, 1.54) is 25.9 Å². The molecule has 0 saturated carbocycles. The van der Waals surface area contributed by atoms with Gasteiger partial charge in [-0.2, -0.15) is 0 Å². The summed E-state index contributed by atoms with van der Waals surface area (Å²) >= 11 is 0. The molecule has 2 fully saturated rings. The third-order valence-electron chi connectivity index (χ3n) is 3.88. The molecule has 0 aliphatic carbocycles.